The maximum absolute atomic E-state index is 13.2. The average molecular weight is 347 g/mol. The average Bonchev–Trinajstić information content (AvgIpc) is 2.80. The Hall–Kier alpha value is -1.21. The van der Waals surface area contributed by atoms with E-state index in [1.54, 1.807) is 11.4 Å². The molecule has 20 heavy (non-hydrogen) atoms. The molecule has 0 radical (unpaired) electrons. The molecule has 0 bridgehead atoms. The van der Waals surface area contributed by atoms with Crippen LogP contribution in [0.1, 0.15) is 0 Å². The summed E-state index contributed by atoms with van der Waals surface area (Å²) in [6.45, 7) is 0. The monoisotopic (exact) mass is 346 g/mol. The largest absolute Gasteiger partial charge is 0.331 e. The molecule has 0 atom stereocenters. The summed E-state index contributed by atoms with van der Waals surface area (Å²) in [5.74, 6) is -0.580. The molecular formula is C12H5Cl2FN2OS2. The van der Waals surface area contributed by atoms with E-state index in [4.69, 9.17) is 35.4 Å². The highest BCUT2D eigenvalue weighted by atomic mass is 35.5. The van der Waals surface area contributed by atoms with E-state index in [1.807, 2.05) is 0 Å². The van der Waals surface area contributed by atoms with Gasteiger partial charge in [-0.05, 0) is 35.8 Å². The lowest BCUT2D eigenvalue weighted by Gasteiger charge is -2.10. The third-order valence-electron chi connectivity index (χ3n) is 2.71. The second-order valence-corrected chi connectivity index (χ2v) is 6.07. The number of H-pyrrole nitrogens is 1. The first-order valence-corrected chi connectivity index (χ1v) is 7.41. The molecule has 0 aliphatic heterocycles. The van der Waals surface area contributed by atoms with Crippen molar-refractivity contribution >= 4 is 57.0 Å². The van der Waals surface area contributed by atoms with Gasteiger partial charge in [0.2, 0.25) is 0 Å². The number of halogens is 3. The lowest BCUT2D eigenvalue weighted by atomic mass is 10.3. The van der Waals surface area contributed by atoms with Gasteiger partial charge in [0.05, 0.1) is 21.2 Å². The molecule has 0 aliphatic carbocycles. The van der Waals surface area contributed by atoms with Crippen molar-refractivity contribution in [2.75, 3.05) is 0 Å². The molecule has 0 spiro atoms. The molecule has 1 N–H and O–H groups in total. The molecule has 8 heteroatoms. The van der Waals surface area contributed by atoms with Crippen molar-refractivity contribution in [2.24, 2.45) is 0 Å². The minimum atomic E-state index is -0.580. The summed E-state index contributed by atoms with van der Waals surface area (Å²) in [6, 6.07) is 3.93. The van der Waals surface area contributed by atoms with Crippen LogP contribution in [0.25, 0.3) is 15.9 Å². The van der Waals surface area contributed by atoms with Crippen molar-refractivity contribution in [3.8, 4) is 5.69 Å². The van der Waals surface area contributed by atoms with E-state index in [1.165, 1.54) is 15.9 Å². The van der Waals surface area contributed by atoms with Crippen molar-refractivity contribution in [2.45, 2.75) is 0 Å². The number of hydrogen-bond acceptors (Lipinski definition) is 3. The summed E-state index contributed by atoms with van der Waals surface area (Å²) in [4.78, 5) is 15.4. The molecule has 0 aliphatic rings. The number of nitrogens with zero attached hydrogens (tertiary/aromatic N) is 1. The molecule has 0 saturated carbocycles. The van der Waals surface area contributed by atoms with Crippen LogP contribution < -0.4 is 5.56 Å². The third-order valence-corrected chi connectivity index (χ3v) is 4.48. The smallest absolute Gasteiger partial charge is 0.276 e. The van der Waals surface area contributed by atoms with E-state index in [0.717, 1.165) is 12.1 Å². The van der Waals surface area contributed by atoms with Gasteiger partial charge < -0.3 is 4.98 Å². The summed E-state index contributed by atoms with van der Waals surface area (Å²) in [5.41, 5.74) is 0.487. The predicted octanol–water partition coefficient (Wildman–Crippen LogP) is 4.56. The fourth-order valence-electron chi connectivity index (χ4n) is 1.89. The second kappa shape index (κ2) is 4.96. The first-order chi connectivity index (χ1) is 9.49. The van der Waals surface area contributed by atoms with Crippen LogP contribution in [0.15, 0.2) is 28.4 Å². The highest BCUT2D eigenvalue weighted by Crippen LogP contribution is 2.29. The number of aromatic nitrogens is 2. The molecular weight excluding hydrogens is 342 g/mol. The summed E-state index contributed by atoms with van der Waals surface area (Å²) < 4.78 is 15.1. The van der Waals surface area contributed by atoms with Gasteiger partial charge in [-0.1, -0.05) is 23.2 Å². The maximum Gasteiger partial charge on any atom is 0.276 e. The molecule has 1 aromatic carbocycles. The van der Waals surface area contributed by atoms with Crippen LogP contribution in [0.3, 0.4) is 0 Å². The quantitative estimate of drug-likeness (QED) is 0.656. The Morgan fingerprint density at radius 1 is 1.30 bits per heavy atom. The van der Waals surface area contributed by atoms with Crippen LogP contribution in [0.5, 0.6) is 0 Å². The van der Waals surface area contributed by atoms with Crippen LogP contribution in [-0.4, -0.2) is 9.55 Å². The van der Waals surface area contributed by atoms with Crippen molar-refractivity contribution in [3.05, 3.63) is 54.6 Å². The number of nitrogens with one attached hydrogen (secondary N) is 1. The second-order valence-electron chi connectivity index (χ2n) is 3.95. The minimum Gasteiger partial charge on any atom is -0.331 e. The zero-order valence-corrected chi connectivity index (χ0v) is 12.8. The molecule has 0 unspecified atom stereocenters. The summed E-state index contributed by atoms with van der Waals surface area (Å²) >= 11 is 18.4. The Kier molecular flexibility index (Phi) is 3.41. The maximum atomic E-state index is 13.2. The first kappa shape index (κ1) is 13.8. The molecule has 2 aromatic heterocycles. The van der Waals surface area contributed by atoms with Crippen LogP contribution in [0, 0.1) is 10.6 Å². The van der Waals surface area contributed by atoms with Crippen LogP contribution in [0.4, 0.5) is 4.39 Å². The number of rotatable bonds is 1. The minimum absolute atomic E-state index is 0.0208. The van der Waals surface area contributed by atoms with Crippen molar-refractivity contribution in [1.82, 2.24) is 9.55 Å². The molecule has 0 fully saturated rings. The van der Waals surface area contributed by atoms with Crippen molar-refractivity contribution in [1.29, 1.82) is 0 Å². The van der Waals surface area contributed by atoms with Crippen LogP contribution in [0.2, 0.25) is 10.0 Å². The summed E-state index contributed by atoms with van der Waals surface area (Å²) in [7, 11) is 0. The van der Waals surface area contributed by atoms with E-state index >= 15 is 0 Å². The summed E-state index contributed by atoms with van der Waals surface area (Å²) in [6.07, 6.45) is 0. The number of aromatic amines is 1. The molecule has 2 heterocycles. The van der Waals surface area contributed by atoms with Gasteiger partial charge >= 0.3 is 0 Å². The Morgan fingerprint density at radius 2 is 1.95 bits per heavy atom. The van der Waals surface area contributed by atoms with E-state index in [-0.39, 0.29) is 26.1 Å². The molecule has 3 aromatic rings. The van der Waals surface area contributed by atoms with Crippen molar-refractivity contribution < 1.29 is 4.39 Å². The van der Waals surface area contributed by atoms with Gasteiger partial charge in [-0.2, -0.15) is 0 Å². The lowest BCUT2D eigenvalue weighted by molar-refractivity contribution is 0.627. The third kappa shape index (κ3) is 2.09. The molecule has 0 saturated heterocycles. The normalized spacial score (nSPS) is 11.2. The fourth-order valence-corrected chi connectivity index (χ4v) is 3.58. The Balaban J connectivity index is 2.47. The Labute approximate surface area is 131 Å². The first-order valence-electron chi connectivity index (χ1n) is 5.36. The van der Waals surface area contributed by atoms with E-state index in [0.29, 0.717) is 10.2 Å². The van der Waals surface area contributed by atoms with Gasteiger partial charge in [0.1, 0.15) is 10.5 Å². The highest BCUT2D eigenvalue weighted by Gasteiger charge is 2.15. The SMILES string of the molecule is O=c1c2sccc2[nH]c(=S)n1-c1c(Cl)cc(F)cc1Cl. The number of hydrogen-bond donors (Lipinski definition) is 1. The molecule has 0 amide bonds. The summed E-state index contributed by atoms with van der Waals surface area (Å²) in [5, 5.41) is 1.82. The number of thiophene rings is 1. The highest BCUT2D eigenvalue weighted by molar-refractivity contribution is 7.71. The van der Waals surface area contributed by atoms with Gasteiger partial charge in [0, 0.05) is 0 Å². The van der Waals surface area contributed by atoms with Crippen LogP contribution in [-0.2, 0) is 0 Å². The molecule has 3 rings (SSSR count). The van der Waals surface area contributed by atoms with Gasteiger partial charge in [0.15, 0.2) is 4.77 Å². The van der Waals surface area contributed by atoms with E-state index in [2.05, 4.69) is 4.98 Å². The van der Waals surface area contributed by atoms with Gasteiger partial charge in [-0.25, -0.2) is 8.96 Å². The van der Waals surface area contributed by atoms with Gasteiger partial charge in [-0.15, -0.1) is 11.3 Å². The van der Waals surface area contributed by atoms with Crippen molar-refractivity contribution in [3.63, 3.8) is 0 Å². The van der Waals surface area contributed by atoms with E-state index in [9.17, 15) is 9.18 Å². The fraction of sp³-hybridized carbons (Fsp3) is 0. The Bertz CT molecular complexity index is 922. The van der Waals surface area contributed by atoms with E-state index < -0.39 is 5.82 Å². The Morgan fingerprint density at radius 3 is 2.60 bits per heavy atom. The molecule has 3 nitrogen and oxygen atoms in total. The zero-order valence-electron chi connectivity index (χ0n) is 9.62. The number of benzene rings is 1. The number of fused-ring (bicyclic) bond motifs is 1. The van der Waals surface area contributed by atoms with Gasteiger partial charge in [0.25, 0.3) is 5.56 Å². The topological polar surface area (TPSA) is 37.8 Å². The standard InChI is InChI=1S/C12H5Cl2FN2OS2/c13-6-3-5(15)4-7(14)9(6)17-11(18)10-8(1-2-20-10)16-12(17)19/h1-4H,(H,16,19). The van der Waals surface area contributed by atoms with Crippen LogP contribution >= 0.6 is 46.8 Å². The predicted molar refractivity (Wildman–Crippen MR) is 82.6 cm³/mol. The zero-order chi connectivity index (χ0) is 14.4. The molecule has 102 valence electrons. The lowest BCUT2D eigenvalue weighted by Crippen LogP contribution is -2.20. The van der Waals surface area contributed by atoms with Gasteiger partial charge in [-0.3, -0.25) is 4.79 Å².